The zero-order valence-corrected chi connectivity index (χ0v) is 24.3. The minimum atomic E-state index is -0.509. The van der Waals surface area contributed by atoms with Gasteiger partial charge >= 0.3 is 5.97 Å². The average Bonchev–Trinajstić information content (AvgIpc) is 3.65. The molecule has 1 aromatic carbocycles. The Morgan fingerprint density at radius 3 is 2.63 bits per heavy atom. The predicted octanol–water partition coefficient (Wildman–Crippen LogP) is 7.19. The fourth-order valence-electron chi connectivity index (χ4n) is 4.59. The van der Waals surface area contributed by atoms with Gasteiger partial charge in [-0.05, 0) is 55.4 Å². The number of thiophene rings is 2. The molecule has 3 aromatic heterocycles. The summed E-state index contributed by atoms with van der Waals surface area (Å²) < 4.78 is 7.14. The first kappa shape index (κ1) is 26.9. The van der Waals surface area contributed by atoms with Crippen molar-refractivity contribution in [2.24, 2.45) is 0 Å². The van der Waals surface area contributed by atoms with Crippen LogP contribution in [-0.2, 0) is 28.9 Å². The number of fused-ring (bicyclic) bond motifs is 1. The molecule has 0 saturated carbocycles. The quantitative estimate of drug-likeness (QED) is 0.165. The Morgan fingerprint density at radius 1 is 1.11 bits per heavy atom. The maximum absolute atomic E-state index is 13.0. The third kappa shape index (κ3) is 5.54. The summed E-state index contributed by atoms with van der Waals surface area (Å²) >= 11 is 10.5. The van der Waals surface area contributed by atoms with Gasteiger partial charge in [0, 0.05) is 38.3 Å². The molecule has 5 rings (SSSR count). The largest absolute Gasteiger partial charge is 0.465 e. The van der Waals surface area contributed by atoms with E-state index in [-0.39, 0.29) is 11.7 Å². The van der Waals surface area contributed by atoms with E-state index in [4.69, 9.17) is 16.3 Å². The molecular formula is C27H27ClN4O3S3. The molecule has 0 spiro atoms. The summed E-state index contributed by atoms with van der Waals surface area (Å²) in [6, 6.07) is 7.19. The molecule has 0 saturated heterocycles. The lowest BCUT2D eigenvalue weighted by Gasteiger charge is -2.13. The van der Waals surface area contributed by atoms with Crippen LogP contribution in [0.25, 0.3) is 22.5 Å². The number of hydrogen-bond acceptors (Lipinski definition) is 8. The SMILES string of the molecule is CCCn1c(SCC(=O)Nc2scc(-c3ccc(Cl)cc3)c2C(=O)OC)nnc1-c1csc2c1CCCC2. The Labute approximate surface area is 238 Å². The second-order valence-electron chi connectivity index (χ2n) is 8.90. The number of esters is 1. The van der Waals surface area contributed by atoms with Crippen LogP contribution in [0.3, 0.4) is 0 Å². The van der Waals surface area contributed by atoms with Gasteiger partial charge in [0.2, 0.25) is 5.91 Å². The van der Waals surface area contributed by atoms with E-state index in [9.17, 15) is 9.59 Å². The first-order valence-corrected chi connectivity index (χ1v) is 15.5. The number of hydrogen-bond donors (Lipinski definition) is 1. The van der Waals surface area contributed by atoms with E-state index in [0.717, 1.165) is 37.2 Å². The van der Waals surface area contributed by atoms with Gasteiger partial charge in [0.05, 0.1) is 12.9 Å². The van der Waals surface area contributed by atoms with Crippen LogP contribution in [-0.4, -0.2) is 39.5 Å². The molecule has 7 nitrogen and oxygen atoms in total. The molecule has 1 aliphatic carbocycles. The summed E-state index contributed by atoms with van der Waals surface area (Å²) in [7, 11) is 1.33. The second-order valence-corrected chi connectivity index (χ2v) is 12.1. The van der Waals surface area contributed by atoms with Crippen LogP contribution < -0.4 is 5.32 Å². The van der Waals surface area contributed by atoms with E-state index in [0.29, 0.717) is 26.3 Å². The molecule has 0 atom stereocenters. The number of rotatable bonds is 9. The van der Waals surface area contributed by atoms with E-state index in [1.165, 1.54) is 59.1 Å². The number of amides is 1. The summed E-state index contributed by atoms with van der Waals surface area (Å²) in [4.78, 5) is 27.1. The lowest BCUT2D eigenvalue weighted by atomic mass is 9.95. The fourth-order valence-corrected chi connectivity index (χ4v) is 7.58. The minimum Gasteiger partial charge on any atom is -0.465 e. The van der Waals surface area contributed by atoms with Crippen LogP contribution in [0.15, 0.2) is 40.2 Å². The first-order valence-electron chi connectivity index (χ1n) is 12.4. The lowest BCUT2D eigenvalue weighted by molar-refractivity contribution is -0.113. The fraction of sp³-hybridized carbons (Fsp3) is 0.333. The van der Waals surface area contributed by atoms with Crippen LogP contribution >= 0.6 is 46.0 Å². The molecule has 1 aliphatic rings. The molecule has 4 aromatic rings. The van der Waals surface area contributed by atoms with Crippen molar-refractivity contribution >= 4 is 62.9 Å². The number of thioether (sulfide) groups is 1. The topological polar surface area (TPSA) is 86.1 Å². The predicted molar refractivity (Wildman–Crippen MR) is 156 cm³/mol. The number of methoxy groups -OCH3 is 1. The number of aromatic nitrogens is 3. The standard InChI is InChI=1S/C27H27ClN4O3S3/c1-3-12-32-24(20-14-36-21-7-5-4-6-18(20)21)30-31-27(32)38-15-22(33)29-25-23(26(34)35-2)19(13-37-25)16-8-10-17(28)11-9-16/h8-11,13-14H,3-7,12,15H2,1-2H3,(H,29,33). The molecule has 3 heterocycles. The van der Waals surface area contributed by atoms with E-state index in [1.807, 2.05) is 28.8 Å². The molecule has 0 radical (unpaired) electrons. The minimum absolute atomic E-state index is 0.137. The molecule has 1 amide bonds. The highest BCUT2D eigenvalue weighted by atomic mass is 35.5. The van der Waals surface area contributed by atoms with E-state index >= 15 is 0 Å². The number of halogens is 1. The molecule has 198 valence electrons. The van der Waals surface area contributed by atoms with Crippen molar-refractivity contribution in [3.63, 3.8) is 0 Å². The van der Waals surface area contributed by atoms with Crippen molar-refractivity contribution in [1.82, 2.24) is 14.8 Å². The van der Waals surface area contributed by atoms with Crippen molar-refractivity contribution in [3.8, 4) is 22.5 Å². The number of ether oxygens (including phenoxy) is 1. The van der Waals surface area contributed by atoms with Crippen molar-refractivity contribution in [3.05, 3.63) is 56.1 Å². The summed E-state index contributed by atoms with van der Waals surface area (Å²) in [6.07, 6.45) is 5.60. The van der Waals surface area contributed by atoms with E-state index < -0.39 is 5.97 Å². The summed E-state index contributed by atoms with van der Waals surface area (Å²) in [6.45, 7) is 2.90. The Bertz CT molecular complexity index is 1460. The summed E-state index contributed by atoms with van der Waals surface area (Å²) in [5, 5.41) is 17.7. The van der Waals surface area contributed by atoms with Crippen molar-refractivity contribution < 1.29 is 14.3 Å². The van der Waals surface area contributed by atoms with Gasteiger partial charge in [0.15, 0.2) is 11.0 Å². The number of benzene rings is 1. The molecule has 1 N–H and O–H groups in total. The zero-order valence-electron chi connectivity index (χ0n) is 21.1. The number of nitrogens with zero attached hydrogens (tertiary/aromatic N) is 3. The molecule has 11 heteroatoms. The van der Waals surface area contributed by atoms with Crippen LogP contribution in [0.4, 0.5) is 5.00 Å². The lowest BCUT2D eigenvalue weighted by Crippen LogP contribution is -2.16. The Kier molecular flexibility index (Phi) is 8.52. The van der Waals surface area contributed by atoms with Crippen LogP contribution in [0.5, 0.6) is 0 Å². The number of carbonyl (C=O) groups is 2. The van der Waals surface area contributed by atoms with Gasteiger partial charge in [-0.3, -0.25) is 4.79 Å². The van der Waals surface area contributed by atoms with Crippen LogP contribution in [0.1, 0.15) is 47.0 Å². The summed E-state index contributed by atoms with van der Waals surface area (Å²) in [5.41, 5.74) is 4.42. The van der Waals surface area contributed by atoms with Crippen molar-refractivity contribution in [2.75, 3.05) is 18.2 Å². The van der Waals surface area contributed by atoms with Crippen LogP contribution in [0, 0.1) is 0 Å². The molecule has 0 fully saturated rings. The maximum atomic E-state index is 13.0. The van der Waals surface area contributed by atoms with Gasteiger partial charge in [0.1, 0.15) is 10.6 Å². The highest BCUT2D eigenvalue weighted by molar-refractivity contribution is 7.99. The average molecular weight is 587 g/mol. The Morgan fingerprint density at radius 2 is 1.87 bits per heavy atom. The van der Waals surface area contributed by atoms with Gasteiger partial charge in [-0.2, -0.15) is 0 Å². The van der Waals surface area contributed by atoms with Gasteiger partial charge in [-0.15, -0.1) is 32.9 Å². The van der Waals surface area contributed by atoms with Gasteiger partial charge < -0.3 is 14.6 Å². The number of anilines is 1. The molecule has 0 bridgehead atoms. The van der Waals surface area contributed by atoms with Gasteiger partial charge in [0.25, 0.3) is 0 Å². The second kappa shape index (κ2) is 12.0. The molecule has 38 heavy (non-hydrogen) atoms. The van der Waals surface area contributed by atoms with Gasteiger partial charge in [-0.1, -0.05) is 42.4 Å². The normalized spacial score (nSPS) is 12.8. The number of aryl methyl sites for hydroxylation is 1. The number of nitrogens with one attached hydrogen (secondary N) is 1. The van der Waals surface area contributed by atoms with Crippen molar-refractivity contribution in [1.29, 1.82) is 0 Å². The Hall–Kier alpha value is -2.66. The first-order chi connectivity index (χ1) is 18.5. The highest BCUT2D eigenvalue weighted by Crippen LogP contribution is 2.38. The Balaban J connectivity index is 1.33. The molecular weight excluding hydrogens is 560 g/mol. The smallest absolute Gasteiger partial charge is 0.341 e. The highest BCUT2D eigenvalue weighted by Gasteiger charge is 2.24. The molecule has 0 unspecified atom stereocenters. The number of carbonyl (C=O) groups excluding carboxylic acids is 2. The zero-order chi connectivity index (χ0) is 26.6. The van der Waals surface area contributed by atoms with E-state index in [1.54, 1.807) is 12.1 Å². The van der Waals surface area contributed by atoms with E-state index in [2.05, 4.69) is 32.4 Å². The molecule has 0 aliphatic heterocycles. The summed E-state index contributed by atoms with van der Waals surface area (Å²) in [5.74, 6) is 0.280. The van der Waals surface area contributed by atoms with Crippen LogP contribution in [0.2, 0.25) is 5.02 Å². The van der Waals surface area contributed by atoms with Crippen molar-refractivity contribution in [2.45, 2.75) is 50.7 Å². The van der Waals surface area contributed by atoms with Gasteiger partial charge in [-0.25, -0.2) is 4.79 Å². The third-order valence-electron chi connectivity index (χ3n) is 6.39. The monoisotopic (exact) mass is 586 g/mol. The maximum Gasteiger partial charge on any atom is 0.341 e. The third-order valence-corrected chi connectivity index (χ3v) is 9.59.